The van der Waals surface area contributed by atoms with E-state index in [-0.39, 0.29) is 17.7 Å². The molecule has 0 saturated carbocycles. The smallest absolute Gasteiger partial charge is 0.261 e. The van der Waals surface area contributed by atoms with Crippen molar-refractivity contribution < 1.29 is 14.4 Å². The maximum Gasteiger partial charge on any atom is 0.261 e. The third-order valence-electron chi connectivity index (χ3n) is 6.45. The number of unbranched alkanes of at least 4 members (excludes halogenated alkanes) is 1. The Bertz CT molecular complexity index is 1030. The van der Waals surface area contributed by atoms with Crippen LogP contribution < -0.4 is 5.32 Å². The van der Waals surface area contributed by atoms with Gasteiger partial charge in [0.25, 0.3) is 17.7 Å². The number of imide groups is 1. The van der Waals surface area contributed by atoms with Crippen molar-refractivity contribution in [2.75, 3.05) is 39.8 Å². The second-order valence-corrected chi connectivity index (χ2v) is 8.95. The maximum atomic E-state index is 12.7. The van der Waals surface area contributed by atoms with Crippen LogP contribution in [0.15, 0.2) is 42.5 Å². The number of nitrogens with zero attached hydrogens (tertiary/aromatic N) is 3. The largest absolute Gasteiger partial charge is 0.348 e. The van der Waals surface area contributed by atoms with Crippen LogP contribution in [-0.4, -0.2) is 72.2 Å². The highest BCUT2D eigenvalue weighted by molar-refractivity contribution is 6.22. The summed E-state index contributed by atoms with van der Waals surface area (Å²) < 4.78 is 0. The van der Waals surface area contributed by atoms with Crippen LogP contribution in [0.3, 0.4) is 0 Å². The van der Waals surface area contributed by atoms with Gasteiger partial charge in [-0.05, 0) is 42.8 Å². The van der Waals surface area contributed by atoms with Crippen LogP contribution in [0, 0.1) is 0 Å². The number of carbonyl (C=O) groups excluding carboxylic acids is 3. The molecule has 0 aliphatic carbocycles. The fraction of sp³-hybridized carbons (Fsp3) is 0.423. The summed E-state index contributed by atoms with van der Waals surface area (Å²) in [5, 5.41) is 2.92. The Morgan fingerprint density at radius 3 is 2.27 bits per heavy atom. The molecule has 0 bridgehead atoms. The fourth-order valence-electron chi connectivity index (χ4n) is 4.26. The quantitative estimate of drug-likeness (QED) is 0.629. The third kappa shape index (κ3) is 5.31. The Balaban J connectivity index is 1.33. The normalized spacial score (nSPS) is 16.8. The van der Waals surface area contributed by atoms with E-state index in [1.54, 1.807) is 12.1 Å². The summed E-state index contributed by atoms with van der Waals surface area (Å²) in [4.78, 5) is 43.9. The van der Waals surface area contributed by atoms with Crippen LogP contribution in [0.1, 0.15) is 62.0 Å². The predicted molar refractivity (Wildman–Crippen MR) is 127 cm³/mol. The first-order valence-corrected chi connectivity index (χ1v) is 11.7. The van der Waals surface area contributed by atoms with E-state index in [4.69, 9.17) is 0 Å². The summed E-state index contributed by atoms with van der Waals surface area (Å²) in [6.45, 7) is 8.14. The lowest BCUT2D eigenvalue weighted by molar-refractivity contribution is 0.0652. The van der Waals surface area contributed by atoms with Crippen molar-refractivity contribution in [1.82, 2.24) is 20.0 Å². The number of fused-ring (bicyclic) bond motifs is 1. The van der Waals surface area contributed by atoms with Crippen molar-refractivity contribution >= 4 is 17.7 Å². The van der Waals surface area contributed by atoms with Gasteiger partial charge in [0.05, 0.1) is 11.1 Å². The minimum absolute atomic E-state index is 0.258. The first-order valence-electron chi connectivity index (χ1n) is 11.7. The van der Waals surface area contributed by atoms with Crippen molar-refractivity contribution in [1.29, 1.82) is 0 Å². The van der Waals surface area contributed by atoms with E-state index in [0.717, 1.165) is 51.1 Å². The van der Waals surface area contributed by atoms with Crippen LogP contribution in [0.5, 0.6) is 0 Å². The molecule has 1 N–H and O–H groups in total. The van der Waals surface area contributed by atoms with Gasteiger partial charge in [-0.2, -0.15) is 0 Å². The predicted octanol–water partition coefficient (Wildman–Crippen LogP) is 2.76. The number of hydrogen-bond donors (Lipinski definition) is 1. The molecule has 174 valence electrons. The molecule has 3 amide bonds. The van der Waals surface area contributed by atoms with Crippen LogP contribution >= 0.6 is 0 Å². The Morgan fingerprint density at radius 1 is 0.909 bits per heavy atom. The van der Waals surface area contributed by atoms with E-state index in [2.05, 4.69) is 34.3 Å². The molecule has 1 fully saturated rings. The number of likely N-dealkylation sites (N-methyl/N-ethyl adjacent to an activating group) is 1. The van der Waals surface area contributed by atoms with Crippen molar-refractivity contribution in [3.8, 4) is 0 Å². The molecule has 0 atom stereocenters. The summed E-state index contributed by atoms with van der Waals surface area (Å²) in [6.07, 6.45) is 1.67. The molecule has 2 aliphatic rings. The molecule has 4 rings (SSSR count). The molecular formula is C26H32N4O3. The zero-order valence-electron chi connectivity index (χ0n) is 19.5. The topological polar surface area (TPSA) is 73.0 Å². The number of hydrogen-bond acceptors (Lipinski definition) is 5. The van der Waals surface area contributed by atoms with Gasteiger partial charge >= 0.3 is 0 Å². The average Bonchev–Trinajstić information content (AvgIpc) is 3.07. The molecule has 2 aromatic carbocycles. The Labute approximate surface area is 195 Å². The lowest BCUT2D eigenvalue weighted by Crippen LogP contribution is -2.43. The average molecular weight is 449 g/mol. The van der Waals surface area contributed by atoms with Crippen LogP contribution in [0.2, 0.25) is 0 Å². The summed E-state index contributed by atoms with van der Waals surface area (Å²) in [5.74, 6) is -0.840. The molecule has 0 unspecified atom stereocenters. The van der Waals surface area contributed by atoms with E-state index in [1.807, 2.05) is 19.1 Å². The lowest BCUT2D eigenvalue weighted by Gasteiger charge is -2.32. The van der Waals surface area contributed by atoms with Crippen LogP contribution in [0.4, 0.5) is 0 Å². The fourth-order valence-corrected chi connectivity index (χ4v) is 4.26. The lowest BCUT2D eigenvalue weighted by atomic mass is 10.1. The number of nitrogens with one attached hydrogen (secondary N) is 1. The summed E-state index contributed by atoms with van der Waals surface area (Å²) in [7, 11) is 2.16. The van der Waals surface area contributed by atoms with E-state index in [1.165, 1.54) is 16.5 Å². The molecular weight excluding hydrogens is 416 g/mol. The Kier molecular flexibility index (Phi) is 7.20. The molecule has 0 radical (unpaired) electrons. The maximum absolute atomic E-state index is 12.7. The molecule has 7 nitrogen and oxygen atoms in total. The first-order chi connectivity index (χ1) is 16.0. The molecule has 33 heavy (non-hydrogen) atoms. The van der Waals surface area contributed by atoms with Gasteiger partial charge in [-0.15, -0.1) is 0 Å². The van der Waals surface area contributed by atoms with Gasteiger partial charge in [0.2, 0.25) is 0 Å². The van der Waals surface area contributed by atoms with Crippen LogP contribution in [0.25, 0.3) is 0 Å². The monoisotopic (exact) mass is 448 g/mol. The van der Waals surface area contributed by atoms with E-state index < -0.39 is 0 Å². The number of rotatable bonds is 8. The number of amides is 3. The Hall–Kier alpha value is -3.03. The molecule has 0 aromatic heterocycles. The second kappa shape index (κ2) is 10.3. The van der Waals surface area contributed by atoms with E-state index in [0.29, 0.717) is 29.8 Å². The minimum atomic E-state index is -0.311. The van der Waals surface area contributed by atoms with Crippen molar-refractivity contribution in [3.05, 3.63) is 70.3 Å². The summed E-state index contributed by atoms with van der Waals surface area (Å²) in [5.41, 5.74) is 3.37. The zero-order valence-corrected chi connectivity index (χ0v) is 19.5. The SMILES string of the molecule is CCCCN1C(=O)c2ccc(C(=O)NCc3ccc(CN4CCN(C)CC4)cc3)cc2C1=O. The highest BCUT2D eigenvalue weighted by Gasteiger charge is 2.35. The number of piperazine rings is 1. The van der Waals surface area contributed by atoms with E-state index >= 15 is 0 Å². The van der Waals surface area contributed by atoms with Crippen molar-refractivity contribution in [2.24, 2.45) is 0 Å². The van der Waals surface area contributed by atoms with Gasteiger partial charge < -0.3 is 10.2 Å². The van der Waals surface area contributed by atoms with Crippen LogP contribution in [-0.2, 0) is 13.1 Å². The van der Waals surface area contributed by atoms with Gasteiger partial charge in [-0.25, -0.2) is 0 Å². The highest BCUT2D eigenvalue weighted by Crippen LogP contribution is 2.24. The van der Waals surface area contributed by atoms with Gasteiger partial charge in [-0.3, -0.25) is 24.2 Å². The molecule has 2 aliphatic heterocycles. The van der Waals surface area contributed by atoms with Gasteiger partial charge in [0.15, 0.2) is 0 Å². The number of carbonyl (C=O) groups is 3. The molecule has 1 saturated heterocycles. The molecule has 7 heteroatoms. The standard InChI is InChI=1S/C26H32N4O3/c1-3-4-11-30-25(32)22-10-9-21(16-23(22)26(30)33)24(31)27-17-19-5-7-20(8-6-19)18-29-14-12-28(2)13-15-29/h5-10,16H,3-4,11-15,17-18H2,1-2H3,(H,27,31). The van der Waals surface area contributed by atoms with E-state index in [9.17, 15) is 14.4 Å². The highest BCUT2D eigenvalue weighted by atomic mass is 16.2. The number of benzene rings is 2. The molecule has 0 spiro atoms. The second-order valence-electron chi connectivity index (χ2n) is 8.95. The minimum Gasteiger partial charge on any atom is -0.348 e. The molecule has 2 heterocycles. The third-order valence-corrected chi connectivity index (χ3v) is 6.45. The van der Waals surface area contributed by atoms with Gasteiger partial charge in [0.1, 0.15) is 0 Å². The summed E-state index contributed by atoms with van der Waals surface area (Å²) >= 11 is 0. The van der Waals surface area contributed by atoms with Crippen molar-refractivity contribution in [3.63, 3.8) is 0 Å². The zero-order chi connectivity index (χ0) is 23.4. The van der Waals surface area contributed by atoms with Gasteiger partial charge in [-0.1, -0.05) is 37.6 Å². The molecule has 2 aromatic rings. The Morgan fingerprint density at radius 2 is 1.58 bits per heavy atom. The van der Waals surface area contributed by atoms with Crippen molar-refractivity contribution in [2.45, 2.75) is 32.9 Å². The van der Waals surface area contributed by atoms with Gasteiger partial charge in [0, 0.05) is 51.4 Å². The first kappa shape index (κ1) is 23.1. The summed E-state index contributed by atoms with van der Waals surface area (Å²) in [6, 6.07) is 13.1.